The van der Waals surface area contributed by atoms with Gasteiger partial charge in [0.2, 0.25) is 0 Å². The van der Waals surface area contributed by atoms with Gasteiger partial charge < -0.3 is 15.7 Å². The van der Waals surface area contributed by atoms with E-state index in [9.17, 15) is 5.11 Å². The van der Waals surface area contributed by atoms with Crippen LogP contribution in [-0.4, -0.2) is 34.3 Å². The van der Waals surface area contributed by atoms with Crippen molar-refractivity contribution in [2.24, 2.45) is 5.92 Å². The Kier molecular flexibility index (Phi) is 4.96. The number of nitrogens with zero attached hydrogens (tertiary/aromatic N) is 2. The van der Waals surface area contributed by atoms with Gasteiger partial charge in [-0.3, -0.25) is 0 Å². The third-order valence-corrected chi connectivity index (χ3v) is 3.49. The Morgan fingerprint density at radius 2 is 1.95 bits per heavy atom. The molecule has 0 amide bonds. The van der Waals surface area contributed by atoms with Crippen LogP contribution in [0.5, 0.6) is 0 Å². The van der Waals surface area contributed by atoms with Gasteiger partial charge in [-0.25, -0.2) is 9.97 Å². The van der Waals surface area contributed by atoms with Crippen LogP contribution in [0.25, 0.3) is 0 Å². The van der Waals surface area contributed by atoms with E-state index in [0.717, 1.165) is 49.4 Å². The van der Waals surface area contributed by atoms with Gasteiger partial charge in [0.1, 0.15) is 18.0 Å². The van der Waals surface area contributed by atoms with Crippen LogP contribution in [0.4, 0.5) is 11.6 Å². The first kappa shape index (κ1) is 14.1. The highest BCUT2D eigenvalue weighted by molar-refractivity contribution is 5.57. The van der Waals surface area contributed by atoms with Crippen molar-refractivity contribution >= 4 is 11.6 Å². The molecule has 19 heavy (non-hydrogen) atoms. The van der Waals surface area contributed by atoms with Crippen LogP contribution < -0.4 is 10.6 Å². The molecule has 5 nitrogen and oxygen atoms in total. The van der Waals surface area contributed by atoms with E-state index in [2.05, 4.69) is 34.4 Å². The molecular formula is C14H24N4O. The molecule has 1 aliphatic carbocycles. The average molecular weight is 264 g/mol. The maximum atomic E-state index is 9.90. The van der Waals surface area contributed by atoms with E-state index in [1.54, 1.807) is 6.33 Å². The van der Waals surface area contributed by atoms with Gasteiger partial charge in [0.25, 0.3) is 0 Å². The Labute approximate surface area is 114 Å². The monoisotopic (exact) mass is 264 g/mol. The summed E-state index contributed by atoms with van der Waals surface area (Å²) in [4.78, 5) is 8.59. The van der Waals surface area contributed by atoms with Crippen molar-refractivity contribution in [3.05, 3.63) is 11.9 Å². The highest BCUT2D eigenvalue weighted by atomic mass is 16.3. The molecule has 0 radical (unpaired) electrons. The van der Waals surface area contributed by atoms with Crippen molar-refractivity contribution in [1.82, 2.24) is 9.97 Å². The smallest absolute Gasteiger partial charge is 0.134 e. The van der Waals surface area contributed by atoms with Crippen LogP contribution in [-0.2, 0) is 6.42 Å². The molecule has 1 saturated carbocycles. The van der Waals surface area contributed by atoms with Crippen LogP contribution in [0, 0.1) is 5.92 Å². The molecule has 1 aliphatic rings. The number of rotatable bonds is 8. The summed E-state index contributed by atoms with van der Waals surface area (Å²) in [7, 11) is 0. The molecule has 1 atom stereocenters. The molecule has 5 heteroatoms. The standard InChI is InChI=1S/C14H24N4O/c1-3-7-15-13-11(4-2)14(18-9-17-13)16-8-12(19)10-5-6-10/h9-10,12,19H,3-8H2,1-2H3,(H2,15,16,17,18). The predicted molar refractivity (Wildman–Crippen MR) is 77.4 cm³/mol. The normalized spacial score (nSPS) is 16.2. The molecule has 0 bridgehead atoms. The topological polar surface area (TPSA) is 70.1 Å². The summed E-state index contributed by atoms with van der Waals surface area (Å²) in [6.07, 6.45) is 5.55. The molecule has 1 heterocycles. The maximum absolute atomic E-state index is 9.90. The third-order valence-electron chi connectivity index (χ3n) is 3.49. The fourth-order valence-corrected chi connectivity index (χ4v) is 2.14. The largest absolute Gasteiger partial charge is 0.391 e. The molecule has 1 fully saturated rings. The van der Waals surface area contributed by atoms with E-state index in [0.29, 0.717) is 12.5 Å². The Bertz CT molecular complexity index is 406. The first-order valence-corrected chi connectivity index (χ1v) is 7.25. The zero-order valence-electron chi connectivity index (χ0n) is 11.8. The Morgan fingerprint density at radius 1 is 1.26 bits per heavy atom. The third kappa shape index (κ3) is 3.80. The van der Waals surface area contributed by atoms with Crippen molar-refractivity contribution in [2.45, 2.75) is 45.6 Å². The van der Waals surface area contributed by atoms with E-state index in [-0.39, 0.29) is 6.10 Å². The first-order valence-electron chi connectivity index (χ1n) is 7.25. The van der Waals surface area contributed by atoms with Gasteiger partial charge in [-0.05, 0) is 31.6 Å². The summed E-state index contributed by atoms with van der Waals surface area (Å²) in [6, 6.07) is 0. The molecular weight excluding hydrogens is 240 g/mol. The lowest BCUT2D eigenvalue weighted by Gasteiger charge is -2.16. The fraction of sp³-hybridized carbons (Fsp3) is 0.714. The zero-order chi connectivity index (χ0) is 13.7. The minimum Gasteiger partial charge on any atom is -0.391 e. The summed E-state index contributed by atoms with van der Waals surface area (Å²) >= 11 is 0. The van der Waals surface area contributed by atoms with Crippen molar-refractivity contribution in [3.63, 3.8) is 0 Å². The fourth-order valence-electron chi connectivity index (χ4n) is 2.14. The number of hydrogen-bond acceptors (Lipinski definition) is 5. The number of aliphatic hydroxyl groups excluding tert-OH is 1. The summed E-state index contributed by atoms with van der Waals surface area (Å²) in [5.41, 5.74) is 1.10. The van der Waals surface area contributed by atoms with Gasteiger partial charge in [-0.15, -0.1) is 0 Å². The van der Waals surface area contributed by atoms with E-state index in [4.69, 9.17) is 0 Å². The molecule has 0 aromatic carbocycles. The van der Waals surface area contributed by atoms with E-state index >= 15 is 0 Å². The van der Waals surface area contributed by atoms with Gasteiger partial charge >= 0.3 is 0 Å². The lowest BCUT2D eigenvalue weighted by Crippen LogP contribution is -2.22. The van der Waals surface area contributed by atoms with Gasteiger partial charge in [0.05, 0.1) is 6.10 Å². The zero-order valence-corrected chi connectivity index (χ0v) is 11.8. The molecule has 0 aliphatic heterocycles. The predicted octanol–water partition coefficient (Wildman–Crippen LogP) is 2.04. The van der Waals surface area contributed by atoms with Crippen LogP contribution >= 0.6 is 0 Å². The van der Waals surface area contributed by atoms with Gasteiger partial charge in [-0.1, -0.05) is 13.8 Å². The second-order valence-corrected chi connectivity index (χ2v) is 5.12. The molecule has 106 valence electrons. The second-order valence-electron chi connectivity index (χ2n) is 5.12. The van der Waals surface area contributed by atoms with E-state index in [1.807, 2.05) is 0 Å². The van der Waals surface area contributed by atoms with Crippen molar-refractivity contribution < 1.29 is 5.11 Å². The summed E-state index contributed by atoms with van der Waals surface area (Å²) in [6.45, 7) is 5.71. The van der Waals surface area contributed by atoms with Crippen molar-refractivity contribution in [2.75, 3.05) is 23.7 Å². The van der Waals surface area contributed by atoms with Crippen LogP contribution in [0.1, 0.15) is 38.7 Å². The summed E-state index contributed by atoms with van der Waals surface area (Å²) in [5, 5.41) is 16.5. The van der Waals surface area contributed by atoms with Crippen LogP contribution in [0.2, 0.25) is 0 Å². The maximum Gasteiger partial charge on any atom is 0.134 e. The minimum atomic E-state index is -0.258. The van der Waals surface area contributed by atoms with Crippen molar-refractivity contribution in [1.29, 1.82) is 0 Å². The molecule has 3 N–H and O–H groups in total. The number of anilines is 2. The van der Waals surface area contributed by atoms with E-state index < -0.39 is 0 Å². The number of aliphatic hydroxyl groups is 1. The van der Waals surface area contributed by atoms with Gasteiger partial charge in [0, 0.05) is 18.7 Å². The SMILES string of the molecule is CCCNc1ncnc(NCC(O)C2CC2)c1CC. The molecule has 0 saturated heterocycles. The average Bonchev–Trinajstić information content (AvgIpc) is 3.26. The Hall–Kier alpha value is -1.36. The van der Waals surface area contributed by atoms with Crippen molar-refractivity contribution in [3.8, 4) is 0 Å². The van der Waals surface area contributed by atoms with Gasteiger partial charge in [-0.2, -0.15) is 0 Å². The molecule has 2 rings (SSSR count). The Morgan fingerprint density at radius 3 is 2.53 bits per heavy atom. The Balaban J connectivity index is 2.01. The summed E-state index contributed by atoms with van der Waals surface area (Å²) < 4.78 is 0. The highest BCUT2D eigenvalue weighted by Gasteiger charge is 2.29. The number of hydrogen-bond donors (Lipinski definition) is 3. The second kappa shape index (κ2) is 6.70. The lowest BCUT2D eigenvalue weighted by atomic mass is 10.2. The summed E-state index contributed by atoms with van der Waals surface area (Å²) in [5.74, 6) is 2.23. The quantitative estimate of drug-likeness (QED) is 0.670. The number of nitrogens with one attached hydrogen (secondary N) is 2. The molecule has 1 aromatic heterocycles. The highest BCUT2D eigenvalue weighted by Crippen LogP contribution is 2.32. The first-order chi connectivity index (χ1) is 9.26. The molecule has 1 unspecified atom stereocenters. The minimum absolute atomic E-state index is 0.258. The van der Waals surface area contributed by atoms with Crippen LogP contribution in [0.15, 0.2) is 6.33 Å². The lowest BCUT2D eigenvalue weighted by molar-refractivity contribution is 0.164. The number of aromatic nitrogens is 2. The van der Waals surface area contributed by atoms with E-state index in [1.165, 1.54) is 0 Å². The van der Waals surface area contributed by atoms with Gasteiger partial charge in [0.15, 0.2) is 0 Å². The molecule has 1 aromatic rings. The molecule has 0 spiro atoms. The van der Waals surface area contributed by atoms with Crippen LogP contribution in [0.3, 0.4) is 0 Å².